The molecule has 0 radical (unpaired) electrons. The van der Waals surface area contributed by atoms with Crippen molar-refractivity contribution in [3.8, 4) is 22.6 Å². The summed E-state index contributed by atoms with van der Waals surface area (Å²) in [6, 6.07) is 42.9. The fourth-order valence-corrected chi connectivity index (χ4v) is 6.70. The van der Waals surface area contributed by atoms with Crippen molar-refractivity contribution in [2.24, 2.45) is 0 Å². The van der Waals surface area contributed by atoms with E-state index in [1.807, 2.05) is 17.4 Å². The molecule has 2 heterocycles. The van der Waals surface area contributed by atoms with Crippen molar-refractivity contribution in [3.05, 3.63) is 121 Å². The molecule has 37 heavy (non-hydrogen) atoms. The number of rotatable bonds is 2. The Morgan fingerprint density at radius 2 is 1.22 bits per heavy atom. The van der Waals surface area contributed by atoms with Crippen LogP contribution in [-0.4, -0.2) is 9.97 Å². The minimum Gasteiger partial charge on any atom is -0.227 e. The van der Waals surface area contributed by atoms with Gasteiger partial charge in [0.2, 0.25) is 0 Å². The quantitative estimate of drug-likeness (QED) is 0.226. The van der Waals surface area contributed by atoms with Gasteiger partial charge in [0, 0.05) is 42.1 Å². The minimum absolute atomic E-state index is 0.757. The van der Waals surface area contributed by atoms with Crippen molar-refractivity contribution in [1.29, 1.82) is 0 Å². The maximum absolute atomic E-state index is 5.23. The van der Waals surface area contributed by atoms with Crippen LogP contribution < -0.4 is 0 Å². The van der Waals surface area contributed by atoms with Gasteiger partial charge in [0.05, 0.1) is 11.2 Å². The Bertz CT molecular complexity index is 2140. The first kappa shape index (κ1) is 20.6. The van der Waals surface area contributed by atoms with E-state index in [9.17, 15) is 0 Å². The molecule has 0 unspecified atom stereocenters. The average Bonchev–Trinajstić information content (AvgIpc) is 3.36. The Morgan fingerprint density at radius 3 is 2.14 bits per heavy atom. The third-order valence-electron chi connectivity index (χ3n) is 7.28. The molecule has 6 aromatic carbocycles. The van der Waals surface area contributed by atoms with Crippen LogP contribution in [0.25, 0.3) is 75.3 Å². The van der Waals surface area contributed by atoms with Gasteiger partial charge in [-0.3, -0.25) is 0 Å². The van der Waals surface area contributed by atoms with Crippen LogP contribution in [0.5, 0.6) is 0 Å². The molecule has 0 atom stereocenters. The second-order valence-electron chi connectivity index (χ2n) is 9.38. The Balaban J connectivity index is 1.49. The molecule has 2 aromatic heterocycles. The molecule has 0 aliphatic heterocycles. The Morgan fingerprint density at radius 1 is 0.459 bits per heavy atom. The van der Waals surface area contributed by atoms with Crippen molar-refractivity contribution < 1.29 is 0 Å². The zero-order valence-electron chi connectivity index (χ0n) is 19.8. The van der Waals surface area contributed by atoms with Gasteiger partial charge in [0.15, 0.2) is 5.82 Å². The van der Waals surface area contributed by atoms with Crippen LogP contribution in [0.1, 0.15) is 0 Å². The molecule has 0 aliphatic carbocycles. The van der Waals surface area contributed by atoms with Crippen LogP contribution in [0, 0.1) is 0 Å². The highest BCUT2D eigenvalue weighted by atomic mass is 32.1. The molecular formula is C34H20N2S. The summed E-state index contributed by atoms with van der Waals surface area (Å²) in [5.74, 6) is 0.757. The predicted octanol–water partition coefficient (Wildman–Crippen LogP) is 9.64. The van der Waals surface area contributed by atoms with Gasteiger partial charge in [-0.1, -0.05) is 103 Å². The molecule has 0 saturated carbocycles. The topological polar surface area (TPSA) is 25.8 Å². The highest BCUT2D eigenvalue weighted by Crippen LogP contribution is 2.41. The lowest BCUT2D eigenvalue weighted by Gasteiger charge is -2.13. The molecule has 172 valence electrons. The third kappa shape index (κ3) is 3.11. The van der Waals surface area contributed by atoms with Crippen LogP contribution in [0.4, 0.5) is 0 Å². The summed E-state index contributed by atoms with van der Waals surface area (Å²) in [5, 5.41) is 8.44. The van der Waals surface area contributed by atoms with E-state index in [0.717, 1.165) is 38.9 Å². The summed E-state index contributed by atoms with van der Waals surface area (Å²) in [5.41, 5.74) is 4.10. The van der Waals surface area contributed by atoms with Crippen molar-refractivity contribution >= 4 is 64.0 Å². The number of aromatic nitrogens is 2. The molecule has 8 aromatic rings. The van der Waals surface area contributed by atoms with E-state index < -0.39 is 0 Å². The van der Waals surface area contributed by atoms with Gasteiger partial charge in [0.25, 0.3) is 0 Å². The van der Waals surface area contributed by atoms with Crippen LogP contribution in [0.15, 0.2) is 121 Å². The standard InChI is InChI=1S/C34H20N2S/c1-2-10-22(11-3-1)32-28-18-17-21-9-4-5-12-23(21)33(28)36-34(35-32)26-15-8-14-25-24(26)19-20-30-31(25)27-13-6-7-16-29(27)37-30/h1-20H. The molecule has 0 saturated heterocycles. The van der Waals surface area contributed by atoms with E-state index in [1.54, 1.807) is 0 Å². The smallest absolute Gasteiger partial charge is 0.161 e. The van der Waals surface area contributed by atoms with Crippen LogP contribution >= 0.6 is 11.3 Å². The molecule has 0 N–H and O–H groups in total. The normalized spacial score (nSPS) is 11.8. The van der Waals surface area contributed by atoms with Gasteiger partial charge in [-0.15, -0.1) is 11.3 Å². The van der Waals surface area contributed by atoms with E-state index in [2.05, 4.69) is 115 Å². The van der Waals surface area contributed by atoms with Gasteiger partial charge in [0.1, 0.15) is 0 Å². The molecule has 3 heteroatoms. The minimum atomic E-state index is 0.757. The number of fused-ring (bicyclic) bond motifs is 8. The first-order valence-corrected chi connectivity index (χ1v) is 13.2. The first-order chi connectivity index (χ1) is 18.3. The highest BCUT2D eigenvalue weighted by Gasteiger charge is 2.17. The summed E-state index contributed by atoms with van der Waals surface area (Å²) in [6.07, 6.45) is 0. The lowest BCUT2D eigenvalue weighted by Crippen LogP contribution is -1.96. The number of benzene rings is 6. The number of hydrogen-bond acceptors (Lipinski definition) is 3. The maximum Gasteiger partial charge on any atom is 0.161 e. The Kier molecular flexibility index (Phi) is 4.42. The van der Waals surface area contributed by atoms with E-state index >= 15 is 0 Å². The molecule has 0 aliphatic rings. The molecule has 8 rings (SSSR count). The largest absolute Gasteiger partial charge is 0.227 e. The Labute approximate surface area is 217 Å². The fourth-order valence-electron chi connectivity index (χ4n) is 5.58. The molecule has 0 fully saturated rings. The summed E-state index contributed by atoms with van der Waals surface area (Å²) in [6.45, 7) is 0. The number of thiophene rings is 1. The highest BCUT2D eigenvalue weighted by molar-refractivity contribution is 7.26. The lowest BCUT2D eigenvalue weighted by atomic mass is 9.98. The summed E-state index contributed by atoms with van der Waals surface area (Å²) >= 11 is 1.85. The monoisotopic (exact) mass is 488 g/mol. The average molecular weight is 489 g/mol. The maximum atomic E-state index is 5.23. The molecule has 0 amide bonds. The van der Waals surface area contributed by atoms with Gasteiger partial charge < -0.3 is 0 Å². The first-order valence-electron chi connectivity index (χ1n) is 12.4. The van der Waals surface area contributed by atoms with Crippen LogP contribution in [-0.2, 0) is 0 Å². The van der Waals surface area contributed by atoms with Crippen molar-refractivity contribution in [2.45, 2.75) is 0 Å². The van der Waals surface area contributed by atoms with Crippen molar-refractivity contribution in [2.75, 3.05) is 0 Å². The third-order valence-corrected chi connectivity index (χ3v) is 8.41. The predicted molar refractivity (Wildman–Crippen MR) is 158 cm³/mol. The zero-order valence-corrected chi connectivity index (χ0v) is 20.7. The van der Waals surface area contributed by atoms with Gasteiger partial charge in [-0.25, -0.2) is 9.97 Å². The molecule has 0 spiro atoms. The summed E-state index contributed by atoms with van der Waals surface area (Å²) in [7, 11) is 0. The molecular weight excluding hydrogens is 468 g/mol. The molecule has 0 bridgehead atoms. The fraction of sp³-hybridized carbons (Fsp3) is 0. The van der Waals surface area contributed by atoms with Gasteiger partial charge in [-0.2, -0.15) is 0 Å². The summed E-state index contributed by atoms with van der Waals surface area (Å²) < 4.78 is 2.62. The Hall–Kier alpha value is -4.60. The van der Waals surface area contributed by atoms with Crippen molar-refractivity contribution in [3.63, 3.8) is 0 Å². The number of hydrogen-bond donors (Lipinski definition) is 0. The molecule has 2 nitrogen and oxygen atoms in total. The van der Waals surface area contributed by atoms with Gasteiger partial charge in [-0.05, 0) is 34.4 Å². The van der Waals surface area contributed by atoms with E-state index in [-0.39, 0.29) is 0 Å². The van der Waals surface area contributed by atoms with E-state index in [4.69, 9.17) is 9.97 Å². The van der Waals surface area contributed by atoms with Crippen LogP contribution in [0.2, 0.25) is 0 Å². The SMILES string of the molecule is c1ccc(-c2nc(-c3cccc4c3ccc3sc5ccccc5c34)nc3c2ccc2ccccc23)cc1. The van der Waals surface area contributed by atoms with Gasteiger partial charge >= 0.3 is 0 Å². The second-order valence-corrected chi connectivity index (χ2v) is 10.5. The van der Waals surface area contributed by atoms with Crippen LogP contribution in [0.3, 0.4) is 0 Å². The lowest BCUT2D eigenvalue weighted by molar-refractivity contribution is 1.24. The zero-order chi connectivity index (χ0) is 24.3. The number of nitrogens with zero attached hydrogens (tertiary/aromatic N) is 2. The van der Waals surface area contributed by atoms with E-state index in [1.165, 1.54) is 36.3 Å². The second kappa shape index (κ2) is 7.95. The summed E-state index contributed by atoms with van der Waals surface area (Å²) in [4.78, 5) is 10.5. The van der Waals surface area contributed by atoms with E-state index in [0.29, 0.717) is 0 Å². The van der Waals surface area contributed by atoms with Crippen molar-refractivity contribution in [1.82, 2.24) is 9.97 Å².